The van der Waals surface area contributed by atoms with Crippen LogP contribution in [0.1, 0.15) is 231 Å². The maximum absolute atomic E-state index is 14.7. The van der Waals surface area contributed by atoms with Gasteiger partial charge in [-0.25, -0.2) is 9.59 Å². The number of rotatable bonds is 39. The number of carbonyl (C=O) groups is 2. The Kier molecular flexibility index (Phi) is 29.5. The van der Waals surface area contributed by atoms with Crippen molar-refractivity contribution in [1.82, 2.24) is 10.2 Å². The molecule has 2 fully saturated rings. The summed E-state index contributed by atoms with van der Waals surface area (Å²) in [5, 5.41) is 28.1. The van der Waals surface area contributed by atoms with Crippen LogP contribution in [0.5, 0.6) is 11.5 Å². The van der Waals surface area contributed by atoms with Crippen LogP contribution >= 0.6 is 0 Å². The third-order valence-electron chi connectivity index (χ3n) is 15.9. The van der Waals surface area contributed by atoms with Crippen LogP contribution < -0.4 is 14.8 Å². The highest BCUT2D eigenvalue weighted by molar-refractivity contribution is 6.03. The number of oxime groups is 1. The summed E-state index contributed by atoms with van der Waals surface area (Å²) in [6, 6.07) is 4.94. The number of benzene rings is 1. The number of allylic oxidation sites excluding steroid dienone is 1. The molecule has 1 aromatic rings. The summed E-state index contributed by atoms with van der Waals surface area (Å²) in [6.07, 6.45) is 34.9. The van der Waals surface area contributed by atoms with Gasteiger partial charge in [-0.3, -0.25) is 4.90 Å². The number of hydrogen-bond acceptors (Lipinski definition) is 11. The van der Waals surface area contributed by atoms with E-state index in [1.165, 1.54) is 89.9 Å². The minimum absolute atomic E-state index is 0.0225. The molecular formula is C61H101N3O10. The van der Waals surface area contributed by atoms with Gasteiger partial charge in [0, 0.05) is 50.6 Å². The van der Waals surface area contributed by atoms with Crippen molar-refractivity contribution in [2.75, 3.05) is 46.1 Å². The van der Waals surface area contributed by atoms with Gasteiger partial charge in [0.25, 0.3) is 0 Å². The first-order valence-electron chi connectivity index (χ1n) is 30.1. The first-order chi connectivity index (χ1) is 36.3. The topological polar surface area (TPSA) is 158 Å². The molecule has 13 heteroatoms. The van der Waals surface area contributed by atoms with Gasteiger partial charge in [0.2, 0.25) is 12.1 Å². The van der Waals surface area contributed by atoms with E-state index in [9.17, 15) is 19.8 Å². The van der Waals surface area contributed by atoms with Gasteiger partial charge in [-0.15, -0.1) is 6.58 Å². The number of carbonyl (C=O) groups excluding carboxylic acids is 2. The zero-order valence-electron chi connectivity index (χ0n) is 46.5. The van der Waals surface area contributed by atoms with Crippen molar-refractivity contribution in [2.24, 2.45) is 22.9 Å². The molecule has 1 saturated carbocycles. The van der Waals surface area contributed by atoms with Crippen molar-refractivity contribution in [3.8, 4) is 11.5 Å². The number of fused-ring (bicyclic) bond motifs is 2. The van der Waals surface area contributed by atoms with Gasteiger partial charge in [0.05, 0.1) is 31.5 Å². The summed E-state index contributed by atoms with van der Waals surface area (Å²) in [7, 11) is 0. The molecule has 4 aliphatic rings. The first kappa shape index (κ1) is 61.2. The average molecular weight is 1040 g/mol. The smallest absolute Gasteiger partial charge is 0.412 e. The highest BCUT2D eigenvalue weighted by atomic mass is 16.8. The second-order valence-corrected chi connectivity index (χ2v) is 21.7. The summed E-state index contributed by atoms with van der Waals surface area (Å²) in [4.78, 5) is 36.3. The quantitative estimate of drug-likeness (QED) is 0.0329. The van der Waals surface area contributed by atoms with E-state index >= 15 is 0 Å². The number of nitrogens with zero attached hydrogens (tertiary/aromatic N) is 2. The van der Waals surface area contributed by atoms with Crippen LogP contribution in [0.4, 0.5) is 9.59 Å². The Morgan fingerprint density at radius 2 is 1.46 bits per heavy atom. The highest BCUT2D eigenvalue weighted by Gasteiger charge is 2.65. The van der Waals surface area contributed by atoms with Crippen LogP contribution in [0.15, 0.2) is 47.7 Å². The number of nitrogens with one attached hydrogen (secondary N) is 1. The molecule has 5 rings (SSSR count). The van der Waals surface area contributed by atoms with Crippen LogP contribution in [0.2, 0.25) is 0 Å². The van der Waals surface area contributed by atoms with Crippen molar-refractivity contribution in [1.29, 1.82) is 0 Å². The Labute approximate surface area is 447 Å². The van der Waals surface area contributed by atoms with E-state index < -0.39 is 36.2 Å². The lowest BCUT2D eigenvalue weighted by atomic mass is 9.55. The monoisotopic (exact) mass is 1040 g/mol. The lowest BCUT2D eigenvalue weighted by molar-refractivity contribution is -0.255. The number of amides is 2. The third-order valence-corrected chi connectivity index (χ3v) is 15.9. The molecule has 1 unspecified atom stereocenters. The van der Waals surface area contributed by atoms with Crippen LogP contribution in [-0.4, -0.2) is 97.3 Å². The van der Waals surface area contributed by atoms with E-state index in [1.807, 2.05) is 17.0 Å². The minimum atomic E-state index is -1.41. The van der Waals surface area contributed by atoms with Crippen LogP contribution in [0.3, 0.4) is 0 Å². The summed E-state index contributed by atoms with van der Waals surface area (Å²) in [6.45, 7) is 12.9. The minimum Gasteiger partial charge on any atom is -0.459 e. The van der Waals surface area contributed by atoms with Crippen molar-refractivity contribution >= 4 is 17.9 Å². The fourth-order valence-corrected chi connectivity index (χ4v) is 12.0. The number of ether oxygens (including phenoxy) is 5. The molecule has 74 heavy (non-hydrogen) atoms. The lowest BCUT2D eigenvalue weighted by Crippen LogP contribution is -2.70. The molecule has 1 aromatic carbocycles. The Morgan fingerprint density at radius 3 is 2.08 bits per heavy atom. The molecule has 2 aliphatic carbocycles. The van der Waals surface area contributed by atoms with Crippen molar-refractivity contribution < 1.29 is 48.3 Å². The average Bonchev–Trinajstić information content (AvgIpc) is 3.41. The maximum Gasteiger partial charge on any atom is 0.412 e. The summed E-state index contributed by atoms with van der Waals surface area (Å²) in [5.74, 6) is -1.08. The predicted octanol–water partition coefficient (Wildman–Crippen LogP) is 14.6. The second-order valence-electron chi connectivity index (χ2n) is 21.7. The zero-order valence-corrected chi connectivity index (χ0v) is 46.5. The Bertz CT molecular complexity index is 1800. The third kappa shape index (κ3) is 19.1. The van der Waals surface area contributed by atoms with E-state index in [0.717, 1.165) is 94.6 Å². The van der Waals surface area contributed by atoms with Gasteiger partial charge < -0.3 is 44.1 Å². The molecule has 420 valence electrons. The summed E-state index contributed by atoms with van der Waals surface area (Å²) >= 11 is 0. The SMILES string of the molecule is C=CCO[C@@]12Oc3ccc(OC(=O)NCCCCCCCCCCCC)cc3[C@H]3[C@H](CCCCO)[C@@H](CCCCO)C=C(C(=NOC4CCCCO4)C[C@@H]1N(CCC)C(=O)OCCCCCCCCCCCC)[C@H]32. The number of aliphatic hydroxyl groups is 2. The largest absolute Gasteiger partial charge is 0.459 e. The van der Waals surface area contributed by atoms with Gasteiger partial charge in [-0.05, 0) is 93.4 Å². The van der Waals surface area contributed by atoms with E-state index in [0.29, 0.717) is 62.8 Å². The van der Waals surface area contributed by atoms with Gasteiger partial charge in [-0.2, -0.15) is 0 Å². The molecule has 2 heterocycles. The summed E-state index contributed by atoms with van der Waals surface area (Å²) in [5.41, 5.74) is 2.55. The van der Waals surface area contributed by atoms with Gasteiger partial charge >= 0.3 is 12.2 Å². The summed E-state index contributed by atoms with van der Waals surface area (Å²) < 4.78 is 32.9. The predicted molar refractivity (Wildman–Crippen MR) is 296 cm³/mol. The van der Waals surface area contributed by atoms with Crippen LogP contribution in [0, 0.1) is 17.8 Å². The number of hydrogen-bond donors (Lipinski definition) is 3. The normalized spacial score (nSPS) is 23.5. The standard InChI is InChI=1S/C61H101N3O10/c1-5-9-11-13-15-17-19-21-23-28-38-62-59(67)72-49-36-37-54-52(46-49)57-50(34-26-30-41-66)48(33-25-29-40-65)45-51-53(63-74-56-35-27-32-43-69-56)47-55(61(73-54,58(51)57)71-42-8-4)64(39-7-3)60(68)70-44-31-24-22-20-18-16-14-12-10-6-2/h8,36-37,45-46,48,50,55-58,65-66H,4-7,9-35,38-44,47H2,1-3H3,(H,62,67)/t48-,50+,55-,56?,57+,58+,61+/m0/s1. The number of unbranched alkanes of at least 4 members (excludes halogenated alkanes) is 20. The van der Waals surface area contributed by atoms with Crippen LogP contribution in [-0.2, 0) is 19.0 Å². The number of aliphatic hydroxyl groups excluding tert-OH is 2. The molecule has 0 radical (unpaired) electrons. The molecule has 0 spiro atoms. The molecular weight excluding hydrogens is 935 g/mol. The Morgan fingerprint density at radius 1 is 0.811 bits per heavy atom. The first-order valence-corrected chi connectivity index (χ1v) is 30.1. The van der Waals surface area contributed by atoms with E-state index in [1.54, 1.807) is 12.1 Å². The Balaban J connectivity index is 1.48. The molecule has 0 bridgehead atoms. The Hall–Kier alpha value is -3.65. The second kappa shape index (κ2) is 35.6. The van der Waals surface area contributed by atoms with Crippen molar-refractivity contribution in [3.05, 3.63) is 48.1 Å². The fourth-order valence-electron chi connectivity index (χ4n) is 12.0. The molecule has 2 aliphatic heterocycles. The zero-order chi connectivity index (χ0) is 52.6. The molecule has 2 amide bonds. The van der Waals surface area contributed by atoms with E-state index in [-0.39, 0.29) is 44.0 Å². The molecule has 1 saturated heterocycles. The van der Waals surface area contributed by atoms with Crippen molar-refractivity contribution in [3.63, 3.8) is 0 Å². The molecule has 3 N–H and O–H groups in total. The van der Waals surface area contributed by atoms with Gasteiger partial charge in [-0.1, -0.05) is 166 Å². The molecule has 7 atom stereocenters. The van der Waals surface area contributed by atoms with Gasteiger partial charge in [0.1, 0.15) is 17.5 Å². The van der Waals surface area contributed by atoms with E-state index in [4.69, 9.17) is 33.7 Å². The van der Waals surface area contributed by atoms with E-state index in [2.05, 4.69) is 38.7 Å². The molecule has 13 nitrogen and oxygen atoms in total. The maximum atomic E-state index is 14.7. The molecule has 0 aromatic heterocycles. The van der Waals surface area contributed by atoms with Crippen molar-refractivity contribution in [2.45, 2.75) is 244 Å². The van der Waals surface area contributed by atoms with Gasteiger partial charge in [0.15, 0.2) is 0 Å². The fraction of sp³-hybridized carbons (Fsp3) is 0.787. The van der Waals surface area contributed by atoms with Crippen LogP contribution in [0.25, 0.3) is 0 Å². The lowest BCUT2D eigenvalue weighted by Gasteiger charge is -2.59. The highest BCUT2D eigenvalue weighted by Crippen LogP contribution is 2.62.